The molecule has 0 spiro atoms. The highest BCUT2D eigenvalue weighted by atomic mass is 16.5. The summed E-state index contributed by atoms with van der Waals surface area (Å²) in [7, 11) is 3.61. The van der Waals surface area contributed by atoms with Gasteiger partial charge in [-0.2, -0.15) is 5.10 Å². The largest absolute Gasteiger partial charge is 0.481 e. The van der Waals surface area contributed by atoms with Crippen LogP contribution in [-0.2, 0) is 13.6 Å². The van der Waals surface area contributed by atoms with Gasteiger partial charge >= 0.3 is 0 Å². The van der Waals surface area contributed by atoms with E-state index in [0.29, 0.717) is 11.6 Å². The van der Waals surface area contributed by atoms with Crippen LogP contribution in [0.4, 0.5) is 0 Å². The first-order valence-electron chi connectivity index (χ1n) is 8.21. The predicted octanol–water partition coefficient (Wildman–Crippen LogP) is 2.17. The second-order valence-corrected chi connectivity index (χ2v) is 6.32. The van der Waals surface area contributed by atoms with Crippen LogP contribution < -0.4 is 10.5 Å². The van der Waals surface area contributed by atoms with Gasteiger partial charge < -0.3 is 10.5 Å². The van der Waals surface area contributed by atoms with E-state index in [0.717, 1.165) is 37.5 Å². The highest BCUT2D eigenvalue weighted by Gasteiger charge is 2.32. The summed E-state index contributed by atoms with van der Waals surface area (Å²) in [4.78, 5) is 13.6. The maximum atomic E-state index is 11.2. The summed E-state index contributed by atoms with van der Waals surface area (Å²) in [5.74, 6) is 0.449. The zero-order chi connectivity index (χ0) is 17.3. The van der Waals surface area contributed by atoms with Crippen LogP contribution in [0, 0.1) is 6.92 Å². The number of amides is 1. The number of methoxy groups -OCH3 is 1. The van der Waals surface area contributed by atoms with Gasteiger partial charge in [-0.05, 0) is 44.0 Å². The van der Waals surface area contributed by atoms with E-state index in [9.17, 15) is 4.79 Å². The van der Waals surface area contributed by atoms with Gasteiger partial charge in [0.05, 0.1) is 18.4 Å². The Hall–Kier alpha value is -2.34. The quantitative estimate of drug-likeness (QED) is 0.913. The van der Waals surface area contributed by atoms with Crippen LogP contribution in [0.3, 0.4) is 0 Å². The number of nitrogens with two attached hydrogens (primary N) is 1. The lowest BCUT2D eigenvalue weighted by atomic mass is 10.0. The van der Waals surface area contributed by atoms with E-state index < -0.39 is 5.91 Å². The molecule has 1 aliphatic rings. The number of nitrogens with zero attached hydrogens (tertiary/aromatic N) is 3. The molecule has 2 heterocycles. The van der Waals surface area contributed by atoms with Crippen molar-refractivity contribution in [1.82, 2.24) is 14.7 Å². The number of aromatic nitrogens is 2. The van der Waals surface area contributed by atoms with Crippen molar-refractivity contribution < 1.29 is 9.53 Å². The molecule has 1 atom stereocenters. The Labute approximate surface area is 142 Å². The van der Waals surface area contributed by atoms with E-state index in [1.54, 1.807) is 19.2 Å². The second-order valence-electron chi connectivity index (χ2n) is 6.32. The molecule has 0 saturated carbocycles. The Morgan fingerprint density at radius 2 is 2.08 bits per heavy atom. The third-order valence-corrected chi connectivity index (χ3v) is 4.73. The number of aryl methyl sites for hydroxylation is 2. The molecule has 24 heavy (non-hydrogen) atoms. The van der Waals surface area contributed by atoms with Crippen molar-refractivity contribution >= 4 is 5.91 Å². The SMILES string of the molecule is COc1c(C2CCCN2Cc2ccc(C(N)=O)cc2)c(C)nn1C. The summed E-state index contributed by atoms with van der Waals surface area (Å²) < 4.78 is 7.38. The van der Waals surface area contributed by atoms with E-state index in [-0.39, 0.29) is 0 Å². The zero-order valence-electron chi connectivity index (χ0n) is 14.5. The van der Waals surface area contributed by atoms with Gasteiger partial charge in [0.2, 0.25) is 11.8 Å². The van der Waals surface area contributed by atoms with Gasteiger partial charge in [-0.25, -0.2) is 4.68 Å². The van der Waals surface area contributed by atoms with Crippen LogP contribution in [0.5, 0.6) is 5.88 Å². The van der Waals surface area contributed by atoms with Gasteiger partial charge in [0, 0.05) is 25.2 Å². The third kappa shape index (κ3) is 3.01. The maximum absolute atomic E-state index is 11.2. The number of primary amides is 1. The van der Waals surface area contributed by atoms with Crippen molar-refractivity contribution in [3.63, 3.8) is 0 Å². The minimum absolute atomic E-state index is 0.310. The fourth-order valence-electron chi connectivity index (χ4n) is 3.63. The van der Waals surface area contributed by atoms with Crippen molar-refractivity contribution in [2.24, 2.45) is 12.8 Å². The minimum Gasteiger partial charge on any atom is -0.481 e. The molecule has 6 heteroatoms. The van der Waals surface area contributed by atoms with Crippen molar-refractivity contribution in [2.75, 3.05) is 13.7 Å². The van der Waals surface area contributed by atoms with Gasteiger partial charge in [-0.15, -0.1) is 0 Å². The molecular formula is C18H24N4O2. The number of likely N-dealkylation sites (tertiary alicyclic amines) is 1. The van der Waals surface area contributed by atoms with Gasteiger partial charge in [0.15, 0.2) is 0 Å². The normalized spacial score (nSPS) is 18.0. The molecule has 1 amide bonds. The first kappa shape index (κ1) is 16.5. The van der Waals surface area contributed by atoms with Gasteiger partial charge in [-0.1, -0.05) is 12.1 Å². The average molecular weight is 328 g/mol. The molecule has 1 unspecified atom stereocenters. The monoisotopic (exact) mass is 328 g/mol. The van der Waals surface area contributed by atoms with Crippen molar-refractivity contribution in [3.8, 4) is 5.88 Å². The Morgan fingerprint density at radius 1 is 1.38 bits per heavy atom. The molecule has 1 saturated heterocycles. The molecule has 0 bridgehead atoms. The summed E-state index contributed by atoms with van der Waals surface area (Å²) in [6.07, 6.45) is 2.25. The Balaban J connectivity index is 1.82. The molecule has 0 radical (unpaired) electrons. The smallest absolute Gasteiger partial charge is 0.248 e. The van der Waals surface area contributed by atoms with E-state index in [2.05, 4.69) is 10.00 Å². The number of benzene rings is 1. The van der Waals surface area contributed by atoms with Crippen molar-refractivity contribution in [1.29, 1.82) is 0 Å². The van der Waals surface area contributed by atoms with Gasteiger partial charge in [-0.3, -0.25) is 9.69 Å². The third-order valence-electron chi connectivity index (χ3n) is 4.73. The van der Waals surface area contributed by atoms with E-state index in [1.807, 2.05) is 30.8 Å². The molecule has 2 aromatic rings. The van der Waals surface area contributed by atoms with Gasteiger partial charge in [0.1, 0.15) is 0 Å². The molecule has 1 aromatic heterocycles. The van der Waals surface area contributed by atoms with Crippen LogP contribution in [0.15, 0.2) is 24.3 Å². The van der Waals surface area contributed by atoms with E-state index >= 15 is 0 Å². The Morgan fingerprint density at radius 3 is 2.71 bits per heavy atom. The summed E-state index contributed by atoms with van der Waals surface area (Å²) in [5.41, 5.74) is 9.23. The van der Waals surface area contributed by atoms with E-state index in [4.69, 9.17) is 10.5 Å². The highest BCUT2D eigenvalue weighted by molar-refractivity contribution is 5.92. The van der Waals surface area contributed by atoms with Gasteiger partial charge in [0.25, 0.3) is 0 Å². The lowest BCUT2D eigenvalue weighted by Crippen LogP contribution is -2.23. The summed E-state index contributed by atoms with van der Waals surface area (Å²) in [6, 6.07) is 7.84. The lowest BCUT2D eigenvalue weighted by molar-refractivity contribution is 0.100. The number of rotatable bonds is 5. The van der Waals surface area contributed by atoms with Crippen molar-refractivity contribution in [2.45, 2.75) is 32.4 Å². The summed E-state index contributed by atoms with van der Waals surface area (Å²) in [6.45, 7) is 3.91. The number of hydrogen-bond donors (Lipinski definition) is 1. The fourth-order valence-corrected chi connectivity index (χ4v) is 3.63. The van der Waals surface area contributed by atoms with Crippen molar-refractivity contribution in [3.05, 3.63) is 46.6 Å². The van der Waals surface area contributed by atoms with Crippen LogP contribution >= 0.6 is 0 Å². The Kier molecular flexibility index (Phi) is 4.57. The average Bonchev–Trinajstić information content (AvgIpc) is 3.10. The van der Waals surface area contributed by atoms with Crippen LogP contribution in [0.1, 0.15) is 46.1 Å². The number of ether oxygens (including phenoxy) is 1. The molecule has 3 rings (SSSR count). The zero-order valence-corrected chi connectivity index (χ0v) is 14.5. The molecule has 2 N–H and O–H groups in total. The lowest BCUT2D eigenvalue weighted by Gasteiger charge is -2.25. The maximum Gasteiger partial charge on any atom is 0.248 e. The Bertz CT molecular complexity index is 736. The van der Waals surface area contributed by atoms with Crippen LogP contribution in [0.2, 0.25) is 0 Å². The number of hydrogen-bond acceptors (Lipinski definition) is 4. The molecule has 0 aliphatic carbocycles. The molecule has 6 nitrogen and oxygen atoms in total. The molecular weight excluding hydrogens is 304 g/mol. The predicted molar refractivity (Wildman–Crippen MR) is 91.8 cm³/mol. The topological polar surface area (TPSA) is 73.4 Å². The molecule has 1 aromatic carbocycles. The number of carbonyl (C=O) groups is 1. The first-order chi connectivity index (χ1) is 11.5. The first-order valence-corrected chi connectivity index (χ1v) is 8.21. The summed E-state index contributed by atoms with van der Waals surface area (Å²) in [5, 5.41) is 4.51. The molecule has 1 fully saturated rings. The van der Waals surface area contributed by atoms with Crippen LogP contribution in [-0.4, -0.2) is 34.2 Å². The second kappa shape index (κ2) is 6.65. The standard InChI is InChI=1S/C18H24N4O2/c1-12-16(18(24-3)21(2)20-12)15-5-4-10-22(15)11-13-6-8-14(9-7-13)17(19)23/h6-9,15H,4-5,10-11H2,1-3H3,(H2,19,23). The van der Waals surface area contributed by atoms with E-state index in [1.165, 1.54) is 11.1 Å². The minimum atomic E-state index is -0.392. The highest BCUT2D eigenvalue weighted by Crippen LogP contribution is 2.39. The number of carbonyl (C=O) groups excluding carboxylic acids is 1. The molecule has 128 valence electrons. The molecule has 1 aliphatic heterocycles. The summed E-state index contributed by atoms with van der Waals surface area (Å²) >= 11 is 0. The van der Waals surface area contributed by atoms with Crippen LogP contribution in [0.25, 0.3) is 0 Å². The fraction of sp³-hybridized carbons (Fsp3) is 0.444.